The van der Waals surface area contributed by atoms with Crippen molar-refractivity contribution in [1.82, 2.24) is 14.7 Å². The predicted octanol–water partition coefficient (Wildman–Crippen LogP) is 0.929. The molecule has 0 radical (unpaired) electrons. The molecule has 0 aromatic heterocycles. The van der Waals surface area contributed by atoms with E-state index in [-0.39, 0.29) is 11.0 Å². The maximum Gasteiger partial charge on any atom is 0.0161 e. The molecule has 0 amide bonds. The molecule has 1 saturated heterocycles. The lowest BCUT2D eigenvalue weighted by Gasteiger charge is -2.44. The first-order valence-electron chi connectivity index (χ1n) is 7.50. The highest BCUT2D eigenvalue weighted by Crippen LogP contribution is 2.29. The van der Waals surface area contributed by atoms with E-state index < -0.39 is 0 Å². The molecule has 4 nitrogen and oxygen atoms in total. The van der Waals surface area contributed by atoms with Gasteiger partial charge in [-0.2, -0.15) is 0 Å². The van der Waals surface area contributed by atoms with Gasteiger partial charge in [-0.05, 0) is 33.4 Å². The van der Waals surface area contributed by atoms with Crippen LogP contribution in [-0.4, -0.2) is 80.1 Å². The number of nitrogens with zero attached hydrogens (tertiary/aromatic N) is 3. The Labute approximate surface area is 119 Å². The Balaban J connectivity index is 2.34. The zero-order chi connectivity index (χ0) is 14.7. The van der Waals surface area contributed by atoms with Crippen LogP contribution in [0, 0.1) is 5.41 Å². The smallest absolute Gasteiger partial charge is 0.0161 e. The molecule has 114 valence electrons. The Hall–Kier alpha value is -0.160. The first-order chi connectivity index (χ1) is 8.62. The lowest BCUT2D eigenvalue weighted by Crippen LogP contribution is -2.56. The monoisotopic (exact) mass is 270 g/mol. The van der Waals surface area contributed by atoms with Crippen LogP contribution in [-0.2, 0) is 0 Å². The summed E-state index contributed by atoms with van der Waals surface area (Å²) in [5.74, 6) is 0. The fraction of sp³-hybridized carbons (Fsp3) is 1.00. The topological polar surface area (TPSA) is 35.7 Å². The molecular formula is C15H34N4. The van der Waals surface area contributed by atoms with Crippen molar-refractivity contribution in [3.63, 3.8) is 0 Å². The lowest BCUT2D eigenvalue weighted by molar-refractivity contribution is 0.0659. The Morgan fingerprint density at radius 3 is 1.84 bits per heavy atom. The van der Waals surface area contributed by atoms with Crippen molar-refractivity contribution in [3.05, 3.63) is 0 Å². The van der Waals surface area contributed by atoms with Crippen molar-refractivity contribution < 1.29 is 0 Å². The van der Waals surface area contributed by atoms with Crippen LogP contribution in [0.4, 0.5) is 0 Å². The van der Waals surface area contributed by atoms with E-state index in [2.05, 4.69) is 56.5 Å². The second-order valence-corrected chi connectivity index (χ2v) is 7.53. The number of nitrogens with two attached hydrogens (primary N) is 1. The average molecular weight is 270 g/mol. The molecule has 0 aromatic rings. The molecular weight excluding hydrogens is 236 g/mol. The SMILES string of the molecule is CN(C)CCN1CCN(CC(C)(C)C(C)(C)N)CC1. The summed E-state index contributed by atoms with van der Waals surface area (Å²) in [4.78, 5) is 7.39. The fourth-order valence-electron chi connectivity index (χ4n) is 2.28. The molecule has 0 bridgehead atoms. The molecule has 19 heavy (non-hydrogen) atoms. The van der Waals surface area contributed by atoms with Crippen molar-refractivity contribution in [3.8, 4) is 0 Å². The van der Waals surface area contributed by atoms with Crippen LogP contribution in [0.5, 0.6) is 0 Å². The van der Waals surface area contributed by atoms with Gasteiger partial charge in [-0.3, -0.25) is 4.90 Å². The summed E-state index contributed by atoms with van der Waals surface area (Å²) in [5, 5.41) is 0. The molecule has 0 unspecified atom stereocenters. The molecule has 0 atom stereocenters. The summed E-state index contributed by atoms with van der Waals surface area (Å²) in [7, 11) is 4.28. The Kier molecular flexibility index (Phi) is 5.80. The Morgan fingerprint density at radius 1 is 0.947 bits per heavy atom. The Bertz CT molecular complexity index is 260. The molecule has 1 rings (SSSR count). The van der Waals surface area contributed by atoms with Crippen molar-refractivity contribution in [2.45, 2.75) is 33.2 Å². The highest BCUT2D eigenvalue weighted by Gasteiger charge is 2.35. The van der Waals surface area contributed by atoms with Gasteiger partial charge >= 0.3 is 0 Å². The first kappa shape index (κ1) is 16.9. The van der Waals surface area contributed by atoms with Gasteiger partial charge < -0.3 is 15.5 Å². The van der Waals surface area contributed by atoms with Crippen LogP contribution in [0.2, 0.25) is 0 Å². The van der Waals surface area contributed by atoms with E-state index in [9.17, 15) is 0 Å². The molecule has 2 N–H and O–H groups in total. The van der Waals surface area contributed by atoms with Gasteiger partial charge in [-0.1, -0.05) is 13.8 Å². The van der Waals surface area contributed by atoms with E-state index in [1.807, 2.05) is 0 Å². The predicted molar refractivity (Wildman–Crippen MR) is 83.5 cm³/mol. The third-order valence-corrected chi connectivity index (χ3v) is 4.69. The van der Waals surface area contributed by atoms with E-state index in [0.717, 1.165) is 13.1 Å². The molecule has 0 spiro atoms. The van der Waals surface area contributed by atoms with Crippen molar-refractivity contribution >= 4 is 0 Å². The molecule has 0 aromatic carbocycles. The molecule has 1 fully saturated rings. The van der Waals surface area contributed by atoms with E-state index in [1.165, 1.54) is 32.7 Å². The van der Waals surface area contributed by atoms with Crippen LogP contribution in [0.25, 0.3) is 0 Å². The van der Waals surface area contributed by atoms with Crippen molar-refractivity contribution in [2.24, 2.45) is 11.1 Å². The highest BCUT2D eigenvalue weighted by atomic mass is 15.3. The average Bonchev–Trinajstić information content (AvgIpc) is 2.26. The molecule has 4 heteroatoms. The zero-order valence-corrected chi connectivity index (χ0v) is 13.9. The number of hydrogen-bond acceptors (Lipinski definition) is 4. The van der Waals surface area contributed by atoms with Crippen LogP contribution < -0.4 is 5.73 Å². The van der Waals surface area contributed by atoms with Crippen molar-refractivity contribution in [1.29, 1.82) is 0 Å². The number of rotatable bonds is 6. The van der Waals surface area contributed by atoms with Gasteiger partial charge in [-0.25, -0.2) is 0 Å². The summed E-state index contributed by atoms with van der Waals surface area (Å²) in [6.45, 7) is 17.0. The first-order valence-corrected chi connectivity index (χ1v) is 7.50. The minimum atomic E-state index is -0.130. The van der Waals surface area contributed by atoms with Gasteiger partial charge in [0.15, 0.2) is 0 Å². The van der Waals surface area contributed by atoms with Gasteiger partial charge in [0.05, 0.1) is 0 Å². The van der Waals surface area contributed by atoms with Gasteiger partial charge in [0.2, 0.25) is 0 Å². The molecule has 1 heterocycles. The van der Waals surface area contributed by atoms with Crippen LogP contribution >= 0.6 is 0 Å². The molecule has 1 aliphatic heterocycles. The van der Waals surface area contributed by atoms with E-state index in [1.54, 1.807) is 0 Å². The minimum absolute atomic E-state index is 0.130. The molecule has 0 saturated carbocycles. The number of piperazine rings is 1. The summed E-state index contributed by atoms with van der Waals surface area (Å²) in [5.41, 5.74) is 6.32. The van der Waals surface area contributed by atoms with Gasteiger partial charge in [-0.15, -0.1) is 0 Å². The zero-order valence-electron chi connectivity index (χ0n) is 13.9. The van der Waals surface area contributed by atoms with E-state index in [4.69, 9.17) is 5.73 Å². The summed E-state index contributed by atoms with van der Waals surface area (Å²) in [6.07, 6.45) is 0. The van der Waals surface area contributed by atoms with Crippen LogP contribution in [0.3, 0.4) is 0 Å². The number of hydrogen-bond donors (Lipinski definition) is 1. The quantitative estimate of drug-likeness (QED) is 0.779. The lowest BCUT2D eigenvalue weighted by atomic mass is 9.75. The standard InChI is InChI=1S/C15H34N4/c1-14(2,15(3,4)16)13-19-11-9-18(10-12-19)8-7-17(5)6/h7-13,16H2,1-6H3. The molecule has 0 aliphatic carbocycles. The van der Waals surface area contributed by atoms with E-state index >= 15 is 0 Å². The van der Waals surface area contributed by atoms with Gasteiger partial charge in [0.1, 0.15) is 0 Å². The second-order valence-electron chi connectivity index (χ2n) is 7.53. The second kappa shape index (κ2) is 6.53. The molecule has 1 aliphatic rings. The van der Waals surface area contributed by atoms with Gasteiger partial charge in [0.25, 0.3) is 0 Å². The minimum Gasteiger partial charge on any atom is -0.325 e. The van der Waals surface area contributed by atoms with Crippen LogP contribution in [0.15, 0.2) is 0 Å². The number of likely N-dealkylation sites (N-methyl/N-ethyl adjacent to an activating group) is 1. The summed E-state index contributed by atoms with van der Waals surface area (Å²) < 4.78 is 0. The fourth-order valence-corrected chi connectivity index (χ4v) is 2.28. The highest BCUT2D eigenvalue weighted by molar-refractivity contribution is 4.93. The van der Waals surface area contributed by atoms with Crippen LogP contribution in [0.1, 0.15) is 27.7 Å². The third kappa shape index (κ3) is 5.38. The van der Waals surface area contributed by atoms with Gasteiger partial charge in [0, 0.05) is 51.4 Å². The van der Waals surface area contributed by atoms with Crippen molar-refractivity contribution in [2.75, 3.05) is 59.9 Å². The maximum atomic E-state index is 6.30. The summed E-state index contributed by atoms with van der Waals surface area (Å²) in [6, 6.07) is 0. The summed E-state index contributed by atoms with van der Waals surface area (Å²) >= 11 is 0. The largest absolute Gasteiger partial charge is 0.325 e. The maximum absolute atomic E-state index is 6.30. The Morgan fingerprint density at radius 2 is 1.42 bits per heavy atom. The van der Waals surface area contributed by atoms with E-state index in [0.29, 0.717) is 0 Å². The normalized spacial score (nSPS) is 20.2. The third-order valence-electron chi connectivity index (χ3n) is 4.69.